The van der Waals surface area contributed by atoms with Gasteiger partial charge in [0.2, 0.25) is 0 Å². The molecule has 0 radical (unpaired) electrons. The van der Waals surface area contributed by atoms with Crippen LogP contribution in [0.3, 0.4) is 0 Å². The van der Waals surface area contributed by atoms with Crippen molar-refractivity contribution < 1.29 is 4.39 Å². The molecule has 1 nitrogen and oxygen atoms in total. The molecule has 2 aromatic rings. The third-order valence-corrected chi connectivity index (χ3v) is 3.73. The minimum absolute atomic E-state index is 0.0237. The molecular weight excluding hydrogens is 296 g/mol. The van der Waals surface area contributed by atoms with Crippen molar-refractivity contribution in [1.29, 1.82) is 0 Å². The van der Waals surface area contributed by atoms with E-state index in [0.717, 1.165) is 24.1 Å². The van der Waals surface area contributed by atoms with E-state index in [2.05, 4.69) is 5.32 Å². The van der Waals surface area contributed by atoms with Crippen LogP contribution in [-0.4, -0.2) is 6.54 Å². The summed E-state index contributed by atoms with van der Waals surface area (Å²) in [7, 11) is 0. The molecule has 0 bridgehead atoms. The predicted molar refractivity (Wildman–Crippen MR) is 83.0 cm³/mol. The normalized spacial score (nSPS) is 12.4. The van der Waals surface area contributed by atoms with Crippen LogP contribution in [0.1, 0.15) is 24.1 Å². The van der Waals surface area contributed by atoms with Crippen molar-refractivity contribution in [3.63, 3.8) is 0 Å². The van der Waals surface area contributed by atoms with Gasteiger partial charge in [0.05, 0.1) is 0 Å². The van der Waals surface area contributed by atoms with Gasteiger partial charge in [-0.1, -0.05) is 42.3 Å². The first-order chi connectivity index (χ1) is 9.60. The third kappa shape index (κ3) is 3.95. The van der Waals surface area contributed by atoms with Crippen LogP contribution < -0.4 is 5.32 Å². The largest absolute Gasteiger partial charge is 0.310 e. The smallest absolute Gasteiger partial charge is 0.123 e. The van der Waals surface area contributed by atoms with E-state index in [4.69, 9.17) is 23.2 Å². The van der Waals surface area contributed by atoms with Crippen LogP contribution in [0.25, 0.3) is 0 Å². The molecule has 0 spiro atoms. The zero-order chi connectivity index (χ0) is 14.5. The number of likely N-dealkylation sites (N-methyl/N-ethyl adjacent to an activating group) is 1. The second-order valence-electron chi connectivity index (χ2n) is 4.61. The van der Waals surface area contributed by atoms with Gasteiger partial charge in [0.15, 0.2) is 0 Å². The summed E-state index contributed by atoms with van der Waals surface area (Å²) >= 11 is 12.1. The Morgan fingerprint density at radius 3 is 2.45 bits per heavy atom. The predicted octanol–water partition coefficient (Wildman–Crippen LogP) is 5.03. The molecule has 0 saturated heterocycles. The van der Waals surface area contributed by atoms with Gasteiger partial charge in [-0.05, 0) is 54.4 Å². The SMILES string of the molecule is CCNC(Cc1ccc(Cl)cc1)c1cc(F)ccc1Cl. The van der Waals surface area contributed by atoms with E-state index < -0.39 is 0 Å². The summed E-state index contributed by atoms with van der Waals surface area (Å²) in [5.74, 6) is -0.275. The lowest BCUT2D eigenvalue weighted by Gasteiger charge is -2.20. The molecule has 0 aromatic heterocycles. The fraction of sp³-hybridized carbons (Fsp3) is 0.250. The van der Waals surface area contributed by atoms with Crippen molar-refractivity contribution in [1.82, 2.24) is 5.32 Å². The van der Waals surface area contributed by atoms with Gasteiger partial charge >= 0.3 is 0 Å². The average molecular weight is 312 g/mol. The van der Waals surface area contributed by atoms with E-state index in [1.165, 1.54) is 12.1 Å². The van der Waals surface area contributed by atoms with Gasteiger partial charge in [-0.2, -0.15) is 0 Å². The average Bonchev–Trinajstić information content (AvgIpc) is 2.43. The highest BCUT2D eigenvalue weighted by atomic mass is 35.5. The molecule has 0 aliphatic heterocycles. The zero-order valence-corrected chi connectivity index (χ0v) is 12.7. The van der Waals surface area contributed by atoms with Gasteiger partial charge < -0.3 is 5.32 Å². The molecule has 1 N–H and O–H groups in total. The van der Waals surface area contributed by atoms with Crippen molar-refractivity contribution in [2.45, 2.75) is 19.4 Å². The van der Waals surface area contributed by atoms with Crippen LogP contribution >= 0.6 is 23.2 Å². The molecule has 0 fully saturated rings. The fourth-order valence-electron chi connectivity index (χ4n) is 2.18. The van der Waals surface area contributed by atoms with Crippen LogP contribution in [-0.2, 0) is 6.42 Å². The lowest BCUT2D eigenvalue weighted by Crippen LogP contribution is -2.23. The van der Waals surface area contributed by atoms with Crippen LogP contribution in [0.4, 0.5) is 4.39 Å². The number of hydrogen-bond donors (Lipinski definition) is 1. The Hall–Kier alpha value is -1.09. The Labute approximate surface area is 128 Å². The molecule has 0 saturated carbocycles. The Balaban J connectivity index is 2.26. The number of benzene rings is 2. The summed E-state index contributed by atoms with van der Waals surface area (Å²) in [5, 5.41) is 4.63. The van der Waals surface area contributed by atoms with Gasteiger partial charge in [-0.15, -0.1) is 0 Å². The highest BCUT2D eigenvalue weighted by Crippen LogP contribution is 2.27. The Bertz CT molecular complexity index is 569. The summed E-state index contributed by atoms with van der Waals surface area (Å²) < 4.78 is 13.4. The fourth-order valence-corrected chi connectivity index (χ4v) is 2.55. The van der Waals surface area contributed by atoms with E-state index in [9.17, 15) is 4.39 Å². The Morgan fingerprint density at radius 2 is 1.80 bits per heavy atom. The van der Waals surface area contributed by atoms with Crippen molar-refractivity contribution in [3.8, 4) is 0 Å². The van der Waals surface area contributed by atoms with Crippen molar-refractivity contribution in [3.05, 3.63) is 69.5 Å². The molecular formula is C16H16Cl2FN. The zero-order valence-electron chi connectivity index (χ0n) is 11.2. The van der Waals surface area contributed by atoms with Gasteiger partial charge in [0.1, 0.15) is 5.82 Å². The first-order valence-corrected chi connectivity index (χ1v) is 7.28. The van der Waals surface area contributed by atoms with Gasteiger partial charge in [0, 0.05) is 16.1 Å². The highest BCUT2D eigenvalue weighted by molar-refractivity contribution is 6.31. The Kier molecular flexibility index (Phi) is 5.41. The minimum atomic E-state index is -0.275. The summed E-state index contributed by atoms with van der Waals surface area (Å²) in [6.45, 7) is 2.80. The van der Waals surface area contributed by atoms with E-state index >= 15 is 0 Å². The maximum absolute atomic E-state index is 13.4. The topological polar surface area (TPSA) is 12.0 Å². The van der Waals surface area contributed by atoms with E-state index in [0.29, 0.717) is 10.0 Å². The molecule has 1 unspecified atom stereocenters. The first-order valence-electron chi connectivity index (χ1n) is 6.53. The van der Waals surface area contributed by atoms with Crippen molar-refractivity contribution >= 4 is 23.2 Å². The molecule has 0 aliphatic rings. The van der Waals surface area contributed by atoms with E-state index in [1.807, 2.05) is 31.2 Å². The van der Waals surface area contributed by atoms with Gasteiger partial charge in [-0.25, -0.2) is 4.39 Å². The summed E-state index contributed by atoms with van der Waals surface area (Å²) in [4.78, 5) is 0. The van der Waals surface area contributed by atoms with E-state index in [1.54, 1.807) is 6.07 Å². The second-order valence-corrected chi connectivity index (χ2v) is 5.45. The van der Waals surface area contributed by atoms with Gasteiger partial charge in [-0.3, -0.25) is 0 Å². The van der Waals surface area contributed by atoms with Crippen molar-refractivity contribution in [2.75, 3.05) is 6.54 Å². The molecule has 0 heterocycles. The third-order valence-electron chi connectivity index (χ3n) is 3.14. The summed E-state index contributed by atoms with van der Waals surface area (Å²) in [6.07, 6.45) is 0.730. The maximum atomic E-state index is 13.4. The lowest BCUT2D eigenvalue weighted by molar-refractivity contribution is 0.543. The molecule has 2 rings (SSSR count). The number of halogens is 3. The number of hydrogen-bond acceptors (Lipinski definition) is 1. The molecule has 0 amide bonds. The number of nitrogens with one attached hydrogen (secondary N) is 1. The molecule has 2 aromatic carbocycles. The highest BCUT2D eigenvalue weighted by Gasteiger charge is 2.15. The quantitative estimate of drug-likeness (QED) is 0.817. The van der Waals surface area contributed by atoms with Crippen molar-refractivity contribution in [2.24, 2.45) is 0 Å². The molecule has 4 heteroatoms. The lowest BCUT2D eigenvalue weighted by atomic mass is 9.98. The number of rotatable bonds is 5. The van der Waals surface area contributed by atoms with Gasteiger partial charge in [0.25, 0.3) is 0 Å². The first kappa shape index (κ1) is 15.3. The molecule has 20 heavy (non-hydrogen) atoms. The summed E-state index contributed by atoms with van der Waals surface area (Å²) in [6, 6.07) is 12.1. The van der Waals surface area contributed by atoms with Crippen LogP contribution in [0.15, 0.2) is 42.5 Å². The minimum Gasteiger partial charge on any atom is -0.310 e. The maximum Gasteiger partial charge on any atom is 0.123 e. The monoisotopic (exact) mass is 311 g/mol. The molecule has 1 atom stereocenters. The second kappa shape index (κ2) is 7.07. The van der Waals surface area contributed by atoms with Crippen LogP contribution in [0.2, 0.25) is 10.0 Å². The molecule has 0 aliphatic carbocycles. The summed E-state index contributed by atoms with van der Waals surface area (Å²) in [5.41, 5.74) is 1.91. The molecule has 106 valence electrons. The Morgan fingerprint density at radius 1 is 1.10 bits per heavy atom. The van der Waals surface area contributed by atoms with Crippen LogP contribution in [0.5, 0.6) is 0 Å². The van der Waals surface area contributed by atoms with Crippen LogP contribution in [0, 0.1) is 5.82 Å². The van der Waals surface area contributed by atoms with E-state index in [-0.39, 0.29) is 11.9 Å². The standard InChI is InChI=1S/C16H16Cl2FN/c1-2-20-16(9-11-3-5-12(17)6-4-11)14-10-13(19)7-8-15(14)18/h3-8,10,16,20H,2,9H2,1H3.